The molecular formula is C80H60N16Ni2O18S4. The third kappa shape index (κ3) is 30.6. The van der Waals surface area contributed by atoms with Gasteiger partial charge < -0.3 is 93.1 Å². The van der Waals surface area contributed by atoms with Crippen LogP contribution in [-0.4, -0.2) is 122 Å². The summed E-state index contributed by atoms with van der Waals surface area (Å²) in [6, 6.07) is 51.0. The molecule has 0 radical (unpaired) electrons. The van der Waals surface area contributed by atoms with Gasteiger partial charge in [0.2, 0.25) is 0 Å². The van der Waals surface area contributed by atoms with Crippen molar-refractivity contribution in [1.82, 2.24) is 39.9 Å². The monoisotopic (exact) mass is 1780 g/mol. The van der Waals surface area contributed by atoms with Crippen molar-refractivity contribution in [2.45, 2.75) is 0 Å². The number of benzene rings is 2. The van der Waals surface area contributed by atoms with E-state index in [0.29, 0.717) is 84.5 Å². The molecule has 0 unspecified atom stereocenters. The molecule has 40 heteroatoms. The molecule has 0 spiro atoms. The smallest absolute Gasteiger partial charge is 0.545 e. The number of hydrogen-bond donors (Lipinski definition) is 8. The Bertz CT molecular complexity index is 4750. The van der Waals surface area contributed by atoms with E-state index in [1.165, 1.54) is 24.3 Å². The van der Waals surface area contributed by atoms with Gasteiger partial charge >= 0.3 is 33.0 Å². The number of carboxylic acids is 4. The van der Waals surface area contributed by atoms with Gasteiger partial charge in [-0.15, -0.1) is 45.3 Å². The van der Waals surface area contributed by atoms with E-state index in [1.807, 2.05) is 0 Å². The van der Waals surface area contributed by atoms with Gasteiger partial charge in [-0.05, 0) is 146 Å². The molecule has 14 aromatic rings. The second kappa shape index (κ2) is 49.7. The van der Waals surface area contributed by atoms with Crippen LogP contribution in [0.25, 0.3) is 0 Å². The molecule has 0 aliphatic heterocycles. The first-order valence-electron chi connectivity index (χ1n) is 33.3. The van der Waals surface area contributed by atoms with Gasteiger partial charge in [-0.25, -0.2) is 0 Å². The minimum absolute atomic E-state index is 0. The number of carbonyl (C=O) groups is 12. The minimum Gasteiger partial charge on any atom is -0.545 e. The third-order valence-electron chi connectivity index (χ3n) is 14.3. The maximum absolute atomic E-state index is 12.1. The van der Waals surface area contributed by atoms with Gasteiger partial charge in [0.25, 0.3) is 47.3 Å². The van der Waals surface area contributed by atoms with Crippen molar-refractivity contribution in [3.8, 4) is 0 Å². The molecule has 0 atom stereocenters. The minimum atomic E-state index is -1.52. The van der Waals surface area contributed by atoms with Gasteiger partial charge in [-0.2, -0.15) is 0 Å². The van der Waals surface area contributed by atoms with E-state index in [4.69, 9.17) is 0 Å². The van der Waals surface area contributed by atoms with Gasteiger partial charge in [-0.3, -0.25) is 78.2 Å². The molecule has 0 saturated heterocycles. The van der Waals surface area contributed by atoms with Crippen molar-refractivity contribution in [3.63, 3.8) is 0 Å². The summed E-state index contributed by atoms with van der Waals surface area (Å²) in [4.78, 5) is 173. The first-order valence-corrected chi connectivity index (χ1v) is 36.5. The molecule has 12 heterocycles. The molecule has 12 aromatic heterocycles. The van der Waals surface area contributed by atoms with Gasteiger partial charge in [0, 0.05) is 71.8 Å². The van der Waals surface area contributed by atoms with Crippen LogP contribution in [0.5, 0.6) is 0 Å². The molecule has 12 N–H and O–H groups in total. The standard InChI is InChI=1S/4C16H12N4O2S.2C8H6O4.2Ni.2H2O/c4*21-15(19-11-3-1-7-17-9-11)13-5-6-14(23-13)16(22)20-12-4-2-8-18-10-12;2*9-7(10)5-3-1-2-4-6(5)8(11)12;;;;/h4*1-10H,(H,19,21)(H,20,22);2*1-4H,(H,9,10)(H,11,12);;;2*1H2/q;;;;;;2*+2;;/p-4. The number of anilines is 8. The summed E-state index contributed by atoms with van der Waals surface area (Å²) in [5, 5.41) is 63.1. The van der Waals surface area contributed by atoms with Crippen molar-refractivity contribution in [2.75, 3.05) is 42.5 Å². The van der Waals surface area contributed by atoms with Gasteiger partial charge in [0.15, 0.2) is 0 Å². The average molecular weight is 1780 g/mol. The normalized spacial score (nSPS) is 9.60. The molecule has 8 amide bonds. The molecule has 612 valence electrons. The zero-order chi connectivity index (χ0) is 82.6. The second-order valence-electron chi connectivity index (χ2n) is 22.5. The molecule has 2 aromatic carbocycles. The van der Waals surface area contributed by atoms with E-state index in [0.717, 1.165) is 69.6 Å². The summed E-state index contributed by atoms with van der Waals surface area (Å²) >= 11 is 4.49. The number of amides is 8. The van der Waals surface area contributed by atoms with Crippen molar-refractivity contribution in [3.05, 3.63) is 355 Å². The average Bonchev–Trinajstić information content (AvgIpc) is 1.65. The molecule has 34 nitrogen and oxygen atoms in total. The van der Waals surface area contributed by atoms with Crippen LogP contribution in [0.2, 0.25) is 0 Å². The fraction of sp³-hybridized carbons (Fsp3) is 0. The number of carbonyl (C=O) groups excluding carboxylic acids is 12. The molecule has 120 heavy (non-hydrogen) atoms. The Balaban J connectivity index is 0.000000259. The molecule has 0 saturated carbocycles. The van der Waals surface area contributed by atoms with Crippen LogP contribution in [0.15, 0.2) is 293 Å². The van der Waals surface area contributed by atoms with E-state index >= 15 is 0 Å². The van der Waals surface area contributed by atoms with E-state index in [-0.39, 0.29) is 113 Å². The quantitative estimate of drug-likeness (QED) is 0.0346. The second-order valence-corrected chi connectivity index (χ2v) is 26.8. The summed E-state index contributed by atoms with van der Waals surface area (Å²) in [6.45, 7) is 0. The molecular weight excluding hydrogens is 1720 g/mol. The number of nitrogens with one attached hydrogen (secondary N) is 8. The van der Waals surface area contributed by atoms with Crippen LogP contribution in [0, 0.1) is 0 Å². The maximum Gasteiger partial charge on any atom is 2.00 e. The van der Waals surface area contributed by atoms with Crippen LogP contribution in [0.1, 0.15) is 119 Å². The van der Waals surface area contributed by atoms with Crippen LogP contribution >= 0.6 is 45.3 Å². The Morgan fingerprint density at radius 3 is 0.425 bits per heavy atom. The first kappa shape index (κ1) is 95.6. The van der Waals surface area contributed by atoms with E-state index in [9.17, 15) is 78.0 Å². The van der Waals surface area contributed by atoms with Crippen molar-refractivity contribution < 1.29 is 122 Å². The molecule has 0 fully saturated rings. The Morgan fingerprint density at radius 2 is 0.325 bits per heavy atom. The molecule has 0 aliphatic carbocycles. The van der Waals surface area contributed by atoms with Crippen LogP contribution in [0.3, 0.4) is 0 Å². The molecule has 0 bridgehead atoms. The Kier molecular flexibility index (Phi) is 39.6. The van der Waals surface area contributed by atoms with Gasteiger partial charge in [0.1, 0.15) is 0 Å². The molecule has 14 rings (SSSR count). The number of pyridine rings is 8. The predicted molar refractivity (Wildman–Crippen MR) is 432 cm³/mol. The zero-order valence-electron chi connectivity index (χ0n) is 61.1. The SMILES string of the molecule is O.O.O=C(Nc1cccnc1)c1ccc(C(=O)Nc2cccnc2)s1.O=C(Nc1cccnc1)c1ccc(C(=O)Nc2cccnc2)s1.O=C(Nc1cccnc1)c1ccc(C(=O)Nc2cccnc2)s1.O=C(Nc1cccnc1)c1ccc(C(=O)Nc2cccnc2)s1.O=C([O-])c1ccccc1C(=O)[O-].O=C([O-])c1ccccc1C(=O)[O-].[Ni+2].[Ni+2]. The summed E-state index contributed by atoms with van der Waals surface area (Å²) in [6.07, 6.45) is 25.5. The number of aromatic nitrogens is 8. The van der Waals surface area contributed by atoms with E-state index in [2.05, 4.69) is 82.4 Å². The Morgan fingerprint density at radius 1 is 0.200 bits per heavy atom. The van der Waals surface area contributed by atoms with Crippen LogP contribution in [-0.2, 0) is 33.0 Å². The van der Waals surface area contributed by atoms with E-state index in [1.54, 1.807) is 245 Å². The van der Waals surface area contributed by atoms with Crippen molar-refractivity contribution in [1.29, 1.82) is 0 Å². The maximum atomic E-state index is 12.1. The Labute approximate surface area is 715 Å². The zero-order valence-corrected chi connectivity index (χ0v) is 66.3. The van der Waals surface area contributed by atoms with Gasteiger partial charge in [0.05, 0.1) is 158 Å². The summed E-state index contributed by atoms with van der Waals surface area (Å²) in [5.74, 6) is -8.27. The fourth-order valence-corrected chi connectivity index (χ4v) is 12.2. The number of aromatic carboxylic acids is 4. The number of rotatable bonds is 20. The number of hydrogen-bond acceptors (Lipinski definition) is 28. The topological polar surface area (TPSA) is 559 Å². The van der Waals surface area contributed by atoms with E-state index < -0.39 is 23.9 Å². The summed E-state index contributed by atoms with van der Waals surface area (Å²) in [7, 11) is 0. The fourth-order valence-electron chi connectivity index (χ4n) is 9.04. The summed E-state index contributed by atoms with van der Waals surface area (Å²) in [5.41, 5.74) is 3.38. The number of thiophene rings is 4. The number of nitrogens with zero attached hydrogens (tertiary/aromatic N) is 8. The number of carboxylic acid groups (broad SMARTS) is 4. The molecule has 0 aliphatic rings. The Hall–Kier alpha value is -15.0. The summed E-state index contributed by atoms with van der Waals surface area (Å²) < 4.78 is 0. The third-order valence-corrected chi connectivity index (χ3v) is 18.6. The predicted octanol–water partition coefficient (Wildman–Crippen LogP) is 7.34. The first-order chi connectivity index (χ1) is 56.1. The van der Waals surface area contributed by atoms with Crippen molar-refractivity contribution >= 4 is 162 Å². The van der Waals surface area contributed by atoms with Crippen molar-refractivity contribution in [2.24, 2.45) is 0 Å². The van der Waals surface area contributed by atoms with Crippen LogP contribution < -0.4 is 63.0 Å². The van der Waals surface area contributed by atoms with Crippen LogP contribution in [0.4, 0.5) is 45.5 Å². The largest absolute Gasteiger partial charge is 2.00 e. The van der Waals surface area contributed by atoms with Gasteiger partial charge in [-0.1, -0.05) is 48.5 Å².